The van der Waals surface area contributed by atoms with Crippen LogP contribution < -0.4 is 33.9 Å². The molecule has 39 heavy (non-hydrogen) atoms. The third kappa shape index (κ3) is 6.59. The van der Waals surface area contributed by atoms with Gasteiger partial charge in [-0.05, 0) is 45.0 Å². The zero-order valence-electron chi connectivity index (χ0n) is 23.4. The lowest BCUT2D eigenvalue weighted by Gasteiger charge is -2.34. The van der Waals surface area contributed by atoms with E-state index < -0.39 is 0 Å². The molecule has 0 spiro atoms. The van der Waals surface area contributed by atoms with Gasteiger partial charge in [0.15, 0.2) is 16.6 Å². The number of benzene rings is 2. The summed E-state index contributed by atoms with van der Waals surface area (Å²) in [4.78, 5) is 22.5. The minimum atomic E-state index is -0.170. The highest BCUT2D eigenvalue weighted by atomic mass is 32.1. The SMILES string of the molecule is CCOc1cc(C(=O)NCCN2CCN(c3nc4c(OC)ccc(OC)c4s3)CC2)cc(OCC)c1OCC. The number of methoxy groups -OCH3 is 2. The van der Waals surface area contributed by atoms with Crippen molar-refractivity contribution in [3.8, 4) is 28.7 Å². The molecule has 1 aliphatic rings. The number of amides is 1. The van der Waals surface area contributed by atoms with Crippen molar-refractivity contribution in [1.29, 1.82) is 0 Å². The Hall–Kier alpha value is -3.44. The molecule has 1 amide bonds. The molecule has 0 unspecified atom stereocenters. The fourth-order valence-electron chi connectivity index (χ4n) is 4.52. The van der Waals surface area contributed by atoms with Crippen LogP contribution in [0.5, 0.6) is 28.7 Å². The lowest BCUT2D eigenvalue weighted by Crippen LogP contribution is -2.48. The van der Waals surface area contributed by atoms with Gasteiger partial charge in [0.05, 0.1) is 34.0 Å². The van der Waals surface area contributed by atoms with Gasteiger partial charge in [0.2, 0.25) is 5.75 Å². The summed E-state index contributed by atoms with van der Waals surface area (Å²) in [6.45, 7) is 11.9. The number of ether oxygens (including phenoxy) is 5. The Morgan fingerprint density at radius 1 is 0.897 bits per heavy atom. The van der Waals surface area contributed by atoms with E-state index in [0.717, 1.165) is 59.6 Å². The summed E-state index contributed by atoms with van der Waals surface area (Å²) < 4.78 is 29.2. The second-order valence-corrected chi connectivity index (χ2v) is 9.81. The zero-order chi connectivity index (χ0) is 27.8. The van der Waals surface area contributed by atoms with Crippen molar-refractivity contribution in [3.05, 3.63) is 29.8 Å². The highest BCUT2D eigenvalue weighted by Gasteiger charge is 2.23. The number of fused-ring (bicyclic) bond motifs is 1. The number of nitrogens with one attached hydrogen (secondary N) is 1. The quantitative estimate of drug-likeness (QED) is 0.333. The topological polar surface area (TPSA) is 94.6 Å². The van der Waals surface area contributed by atoms with Crippen LogP contribution in [-0.2, 0) is 0 Å². The van der Waals surface area contributed by atoms with E-state index in [9.17, 15) is 4.79 Å². The molecule has 0 saturated carbocycles. The summed E-state index contributed by atoms with van der Waals surface area (Å²) >= 11 is 1.62. The number of thiazole rings is 1. The largest absolute Gasteiger partial charge is 0.495 e. The first-order valence-corrected chi connectivity index (χ1v) is 14.2. The lowest BCUT2D eigenvalue weighted by atomic mass is 10.1. The number of carbonyl (C=O) groups excluding carboxylic acids is 1. The molecule has 11 heteroatoms. The first-order chi connectivity index (χ1) is 19.0. The summed E-state index contributed by atoms with van der Waals surface area (Å²) in [5, 5.41) is 4.00. The highest BCUT2D eigenvalue weighted by Crippen LogP contribution is 2.41. The van der Waals surface area contributed by atoms with E-state index in [1.54, 1.807) is 37.7 Å². The van der Waals surface area contributed by atoms with Crippen molar-refractivity contribution in [1.82, 2.24) is 15.2 Å². The van der Waals surface area contributed by atoms with Gasteiger partial charge in [-0.25, -0.2) is 4.98 Å². The Bertz CT molecular complexity index is 1190. The van der Waals surface area contributed by atoms with E-state index in [4.69, 9.17) is 28.7 Å². The number of nitrogens with zero attached hydrogens (tertiary/aromatic N) is 3. The normalized spacial score (nSPS) is 13.8. The Morgan fingerprint density at radius 2 is 1.51 bits per heavy atom. The Labute approximate surface area is 233 Å². The number of aromatic nitrogens is 1. The molecular weight excluding hydrogens is 520 g/mol. The molecule has 10 nitrogen and oxygen atoms in total. The average molecular weight is 559 g/mol. The minimum absolute atomic E-state index is 0.170. The molecule has 212 valence electrons. The van der Waals surface area contributed by atoms with Crippen LogP contribution in [0, 0.1) is 0 Å². The van der Waals surface area contributed by atoms with Crippen molar-refractivity contribution in [3.63, 3.8) is 0 Å². The molecule has 4 rings (SSSR count). The summed E-state index contributed by atoms with van der Waals surface area (Å²) in [6, 6.07) is 7.23. The van der Waals surface area contributed by atoms with Gasteiger partial charge in [0, 0.05) is 44.8 Å². The molecule has 2 heterocycles. The van der Waals surface area contributed by atoms with Gasteiger partial charge in [-0.1, -0.05) is 11.3 Å². The molecule has 0 bridgehead atoms. The van der Waals surface area contributed by atoms with Crippen LogP contribution in [0.1, 0.15) is 31.1 Å². The van der Waals surface area contributed by atoms with Gasteiger partial charge >= 0.3 is 0 Å². The molecule has 1 aromatic heterocycles. The van der Waals surface area contributed by atoms with E-state index in [0.29, 0.717) is 49.2 Å². The molecule has 3 aromatic rings. The van der Waals surface area contributed by atoms with Crippen LogP contribution in [0.3, 0.4) is 0 Å². The van der Waals surface area contributed by atoms with Crippen molar-refractivity contribution >= 4 is 32.6 Å². The third-order valence-electron chi connectivity index (χ3n) is 6.43. The monoisotopic (exact) mass is 558 g/mol. The minimum Gasteiger partial charge on any atom is -0.495 e. The number of rotatable bonds is 13. The predicted octanol–water partition coefficient (Wildman–Crippen LogP) is 4.06. The van der Waals surface area contributed by atoms with Gasteiger partial charge in [-0.3, -0.25) is 9.69 Å². The summed E-state index contributed by atoms with van der Waals surface area (Å²) in [5.74, 6) is 2.93. The van der Waals surface area contributed by atoms with E-state index in [1.807, 2.05) is 32.9 Å². The maximum atomic E-state index is 13.0. The van der Waals surface area contributed by atoms with E-state index in [2.05, 4.69) is 15.1 Å². The lowest BCUT2D eigenvalue weighted by molar-refractivity contribution is 0.0946. The van der Waals surface area contributed by atoms with E-state index in [1.165, 1.54) is 0 Å². The summed E-state index contributed by atoms with van der Waals surface area (Å²) in [7, 11) is 3.33. The van der Waals surface area contributed by atoms with Crippen molar-refractivity contribution in [2.45, 2.75) is 20.8 Å². The number of carbonyl (C=O) groups is 1. The Morgan fingerprint density at radius 3 is 2.10 bits per heavy atom. The first-order valence-electron chi connectivity index (χ1n) is 13.4. The molecule has 0 atom stereocenters. The Balaban J connectivity index is 1.33. The van der Waals surface area contributed by atoms with E-state index in [-0.39, 0.29) is 5.91 Å². The van der Waals surface area contributed by atoms with Gasteiger partial charge < -0.3 is 33.9 Å². The van der Waals surface area contributed by atoms with Crippen molar-refractivity contribution in [2.24, 2.45) is 0 Å². The van der Waals surface area contributed by atoms with Crippen LogP contribution in [-0.4, -0.2) is 89.1 Å². The molecular formula is C28H38N4O6S. The van der Waals surface area contributed by atoms with Crippen LogP contribution >= 0.6 is 11.3 Å². The smallest absolute Gasteiger partial charge is 0.251 e. The molecule has 1 saturated heterocycles. The maximum absolute atomic E-state index is 13.0. The maximum Gasteiger partial charge on any atom is 0.251 e. The number of piperazine rings is 1. The molecule has 1 fully saturated rings. The number of hydrogen-bond acceptors (Lipinski definition) is 10. The van der Waals surface area contributed by atoms with Gasteiger partial charge in [0.1, 0.15) is 21.7 Å². The molecule has 0 radical (unpaired) electrons. The van der Waals surface area contributed by atoms with E-state index >= 15 is 0 Å². The number of anilines is 1. The standard InChI is InChI=1S/C28H38N4O6S/c1-6-36-22-17-19(18-23(37-7-2)25(22)38-8-3)27(33)29-11-12-31-13-15-32(16-14-31)28-30-24-20(34-4)9-10-21(35-5)26(24)39-28/h9-10,17-18H,6-8,11-16H2,1-5H3,(H,29,33). The molecule has 2 aromatic carbocycles. The fourth-order valence-corrected chi connectivity index (χ4v) is 5.65. The van der Waals surface area contributed by atoms with Gasteiger partial charge in [-0.15, -0.1) is 0 Å². The third-order valence-corrected chi connectivity index (χ3v) is 7.56. The Kier molecular flexibility index (Phi) is 9.94. The average Bonchev–Trinajstić information content (AvgIpc) is 3.40. The van der Waals surface area contributed by atoms with Crippen molar-refractivity contribution < 1.29 is 28.5 Å². The first kappa shape index (κ1) is 28.6. The summed E-state index contributed by atoms with van der Waals surface area (Å²) in [5.41, 5.74) is 1.31. The van der Waals surface area contributed by atoms with Crippen LogP contribution in [0.25, 0.3) is 10.2 Å². The van der Waals surface area contributed by atoms with Crippen LogP contribution in [0.15, 0.2) is 24.3 Å². The zero-order valence-corrected chi connectivity index (χ0v) is 24.2. The predicted molar refractivity (Wildman–Crippen MR) is 154 cm³/mol. The second kappa shape index (κ2) is 13.6. The van der Waals surface area contributed by atoms with Crippen molar-refractivity contribution in [2.75, 3.05) is 78.2 Å². The molecule has 1 N–H and O–H groups in total. The van der Waals surface area contributed by atoms with Crippen LogP contribution in [0.2, 0.25) is 0 Å². The molecule has 0 aliphatic carbocycles. The van der Waals surface area contributed by atoms with Crippen LogP contribution in [0.4, 0.5) is 5.13 Å². The highest BCUT2D eigenvalue weighted by molar-refractivity contribution is 7.22. The van der Waals surface area contributed by atoms with Gasteiger partial charge in [-0.2, -0.15) is 0 Å². The summed E-state index contributed by atoms with van der Waals surface area (Å²) in [6.07, 6.45) is 0. The fraction of sp³-hybridized carbons (Fsp3) is 0.500. The molecule has 1 aliphatic heterocycles. The number of hydrogen-bond donors (Lipinski definition) is 1. The van der Waals surface area contributed by atoms with Gasteiger partial charge in [0.25, 0.3) is 5.91 Å². The second-order valence-electron chi connectivity index (χ2n) is 8.83.